The lowest BCUT2D eigenvalue weighted by Gasteiger charge is -2.20. The summed E-state index contributed by atoms with van der Waals surface area (Å²) in [7, 11) is 0. The molecule has 0 fully saturated rings. The number of carbonyl (C=O) groups is 1. The Balaban J connectivity index is 2.12. The van der Waals surface area contributed by atoms with E-state index in [2.05, 4.69) is 25.5 Å². The average molecular weight is 502 g/mol. The first-order valence-electron chi connectivity index (χ1n) is 9.90. The number of H-pyrrole nitrogens is 1. The number of alkyl halides is 3. The number of hydrogen-bond acceptors (Lipinski definition) is 6. The van der Waals surface area contributed by atoms with E-state index >= 15 is 4.39 Å². The quantitative estimate of drug-likeness (QED) is 0.414. The second-order valence-corrected chi connectivity index (χ2v) is 7.86. The van der Waals surface area contributed by atoms with Gasteiger partial charge in [-0.3, -0.25) is 14.9 Å². The zero-order chi connectivity index (χ0) is 25.4. The molecule has 0 saturated heterocycles. The number of aliphatic hydroxyl groups is 1. The van der Waals surface area contributed by atoms with E-state index in [0.29, 0.717) is 11.4 Å². The molecule has 34 heavy (non-hydrogen) atoms. The Hall–Kier alpha value is -3.25. The molecule has 0 spiro atoms. The van der Waals surface area contributed by atoms with Crippen molar-refractivity contribution in [1.29, 1.82) is 0 Å². The zero-order valence-electron chi connectivity index (χ0n) is 18.4. The van der Waals surface area contributed by atoms with Crippen molar-refractivity contribution in [3.05, 3.63) is 51.9 Å². The lowest BCUT2D eigenvalue weighted by Crippen LogP contribution is -2.32. The maximum atomic E-state index is 15.1. The van der Waals surface area contributed by atoms with Crippen LogP contribution in [0.15, 0.2) is 18.3 Å². The molecule has 0 aliphatic carbocycles. The fourth-order valence-corrected chi connectivity index (χ4v) is 3.23. The van der Waals surface area contributed by atoms with Crippen LogP contribution in [-0.4, -0.2) is 43.5 Å². The molecule has 1 aromatic carbocycles. The van der Waals surface area contributed by atoms with E-state index in [0.717, 1.165) is 19.1 Å². The predicted octanol–water partition coefficient (Wildman–Crippen LogP) is 4.91. The van der Waals surface area contributed by atoms with Crippen molar-refractivity contribution < 1.29 is 32.2 Å². The highest BCUT2D eigenvalue weighted by atomic mass is 35.5. The summed E-state index contributed by atoms with van der Waals surface area (Å²) in [6.45, 7) is 5.33. The molecule has 2 aromatic heterocycles. The number of nitrogens with one attached hydrogen (secondary N) is 2. The molecule has 0 radical (unpaired) electrons. The fourth-order valence-electron chi connectivity index (χ4n) is 3.00. The smallest absolute Gasteiger partial charge is 0.425 e. The van der Waals surface area contributed by atoms with Crippen LogP contribution in [0.3, 0.4) is 0 Å². The summed E-state index contributed by atoms with van der Waals surface area (Å²) in [5, 5.41) is 18.4. The summed E-state index contributed by atoms with van der Waals surface area (Å²) in [5.41, 5.74) is 0.167. The molecule has 13 heteroatoms. The Bertz CT molecular complexity index is 1210. The maximum Gasteiger partial charge on any atom is 0.425 e. The van der Waals surface area contributed by atoms with E-state index in [1.165, 1.54) is 13.1 Å². The highest BCUT2D eigenvalue weighted by Gasteiger charge is 2.39. The molecule has 182 valence electrons. The first-order valence-corrected chi connectivity index (χ1v) is 10.3. The Morgan fingerprint density at radius 3 is 2.50 bits per heavy atom. The van der Waals surface area contributed by atoms with Crippen molar-refractivity contribution in [2.45, 2.75) is 46.1 Å². The molecule has 1 unspecified atom stereocenters. The van der Waals surface area contributed by atoms with E-state index in [4.69, 9.17) is 16.3 Å². The first-order chi connectivity index (χ1) is 15.8. The summed E-state index contributed by atoms with van der Waals surface area (Å²) < 4.78 is 59.7. The van der Waals surface area contributed by atoms with Crippen LogP contribution >= 0.6 is 11.6 Å². The number of aromatic amines is 1. The van der Waals surface area contributed by atoms with E-state index in [1.807, 2.05) is 0 Å². The highest BCUT2D eigenvalue weighted by Crippen LogP contribution is 2.34. The zero-order valence-corrected chi connectivity index (χ0v) is 19.1. The van der Waals surface area contributed by atoms with Crippen molar-refractivity contribution in [2.24, 2.45) is 0 Å². The second-order valence-electron chi connectivity index (χ2n) is 7.50. The number of hydrogen-bond donors (Lipinski definition) is 3. The molecule has 8 nitrogen and oxygen atoms in total. The average Bonchev–Trinajstić information content (AvgIpc) is 3.06. The van der Waals surface area contributed by atoms with Gasteiger partial charge < -0.3 is 15.2 Å². The molecule has 0 bridgehead atoms. The molecule has 0 saturated carbocycles. The van der Waals surface area contributed by atoms with Crippen molar-refractivity contribution in [2.75, 3.05) is 5.32 Å². The molecule has 0 aliphatic rings. The Labute approximate surface area is 196 Å². The first kappa shape index (κ1) is 25.4. The standard InChI is InChI=1S/C21H20ClF4N5O3/c1-8-17(10(3)32)28-15(7-27-8)12-6-16(34-11(4)21(24,25)26)13(5-14(12)23)20(33)29-18-9(2)30-31-19(18)22/h5-7,10-11,32H,1-4H3,(H,29,33)(H,30,31)/t10?,11-/m0/s1. The van der Waals surface area contributed by atoms with Gasteiger partial charge in [-0.05, 0) is 39.8 Å². The van der Waals surface area contributed by atoms with Crippen LogP contribution in [0, 0.1) is 19.7 Å². The number of aliphatic hydroxyl groups excluding tert-OH is 1. The maximum absolute atomic E-state index is 15.1. The van der Waals surface area contributed by atoms with Crippen LogP contribution < -0.4 is 10.1 Å². The number of anilines is 1. The number of benzene rings is 1. The number of rotatable bonds is 6. The van der Waals surface area contributed by atoms with Crippen molar-refractivity contribution >= 4 is 23.2 Å². The lowest BCUT2D eigenvalue weighted by molar-refractivity contribution is -0.189. The molecule has 3 N–H and O–H groups in total. The van der Waals surface area contributed by atoms with Crippen molar-refractivity contribution in [1.82, 2.24) is 20.2 Å². The molecule has 2 heterocycles. The molecule has 1 amide bonds. The van der Waals surface area contributed by atoms with E-state index in [9.17, 15) is 23.1 Å². The minimum atomic E-state index is -4.75. The van der Waals surface area contributed by atoms with Gasteiger partial charge in [0, 0.05) is 5.56 Å². The van der Waals surface area contributed by atoms with Crippen LogP contribution in [0.5, 0.6) is 5.75 Å². The minimum Gasteiger partial charge on any atom is -0.480 e. The number of aromatic nitrogens is 4. The van der Waals surface area contributed by atoms with Gasteiger partial charge >= 0.3 is 6.18 Å². The number of halogens is 5. The van der Waals surface area contributed by atoms with Gasteiger partial charge in [-0.2, -0.15) is 18.3 Å². The van der Waals surface area contributed by atoms with Gasteiger partial charge in [0.1, 0.15) is 17.3 Å². The number of nitrogens with zero attached hydrogens (tertiary/aromatic N) is 3. The third-order valence-electron chi connectivity index (χ3n) is 4.88. The summed E-state index contributed by atoms with van der Waals surface area (Å²) in [6, 6.07) is 1.66. The fraction of sp³-hybridized carbons (Fsp3) is 0.333. The Kier molecular flexibility index (Phi) is 7.13. The SMILES string of the molecule is Cc1ncc(-c2cc(O[C@@H](C)C(F)(F)F)c(C(=O)Nc3c(Cl)n[nH]c3C)cc2F)nc1C(C)O. The van der Waals surface area contributed by atoms with Crippen LogP contribution in [0.2, 0.25) is 5.15 Å². The monoisotopic (exact) mass is 501 g/mol. The van der Waals surface area contributed by atoms with Crippen molar-refractivity contribution in [3.8, 4) is 17.0 Å². The normalized spacial score (nSPS) is 13.5. The Morgan fingerprint density at radius 1 is 1.26 bits per heavy atom. The third-order valence-corrected chi connectivity index (χ3v) is 5.16. The van der Waals surface area contributed by atoms with Gasteiger partial charge in [0.05, 0.1) is 40.6 Å². The molecule has 2 atom stereocenters. The number of carbonyl (C=O) groups excluding carboxylic acids is 1. The summed E-state index contributed by atoms with van der Waals surface area (Å²) in [5.74, 6) is -2.49. The van der Waals surface area contributed by atoms with Crippen LogP contribution in [-0.2, 0) is 0 Å². The van der Waals surface area contributed by atoms with Gasteiger partial charge in [0.2, 0.25) is 0 Å². The Morgan fingerprint density at radius 2 is 1.94 bits per heavy atom. The van der Waals surface area contributed by atoms with Gasteiger partial charge in [0.25, 0.3) is 5.91 Å². The molecule has 0 aliphatic heterocycles. The molecule has 3 rings (SSSR count). The summed E-state index contributed by atoms with van der Waals surface area (Å²) in [6.07, 6.45) is -6.89. The van der Waals surface area contributed by atoms with Gasteiger partial charge in [0.15, 0.2) is 11.3 Å². The topological polar surface area (TPSA) is 113 Å². The van der Waals surface area contributed by atoms with Gasteiger partial charge in [-0.15, -0.1) is 0 Å². The van der Waals surface area contributed by atoms with Gasteiger partial charge in [-0.25, -0.2) is 9.37 Å². The van der Waals surface area contributed by atoms with E-state index < -0.39 is 41.4 Å². The minimum absolute atomic E-state index is 0.0656. The van der Waals surface area contributed by atoms with E-state index in [-0.39, 0.29) is 27.8 Å². The summed E-state index contributed by atoms with van der Waals surface area (Å²) >= 11 is 5.90. The highest BCUT2D eigenvalue weighted by molar-refractivity contribution is 6.33. The van der Waals surface area contributed by atoms with Crippen LogP contribution in [0.4, 0.5) is 23.2 Å². The van der Waals surface area contributed by atoms with Crippen LogP contribution in [0.1, 0.15) is 47.4 Å². The second kappa shape index (κ2) is 9.55. The number of amides is 1. The number of ether oxygens (including phenoxy) is 1. The molecule has 3 aromatic rings. The largest absolute Gasteiger partial charge is 0.480 e. The lowest BCUT2D eigenvalue weighted by atomic mass is 10.1. The van der Waals surface area contributed by atoms with Crippen molar-refractivity contribution in [3.63, 3.8) is 0 Å². The number of aryl methyl sites for hydroxylation is 2. The molecular formula is C21H20ClF4N5O3. The molecular weight excluding hydrogens is 482 g/mol. The van der Waals surface area contributed by atoms with Crippen LogP contribution in [0.25, 0.3) is 11.3 Å². The van der Waals surface area contributed by atoms with E-state index in [1.54, 1.807) is 13.8 Å². The predicted molar refractivity (Wildman–Crippen MR) is 115 cm³/mol. The summed E-state index contributed by atoms with van der Waals surface area (Å²) in [4.78, 5) is 21.1. The third kappa shape index (κ3) is 5.28. The van der Waals surface area contributed by atoms with Gasteiger partial charge in [-0.1, -0.05) is 11.6 Å².